The first kappa shape index (κ1) is 16.1. The molecule has 0 spiro atoms. The summed E-state index contributed by atoms with van der Waals surface area (Å²) < 4.78 is 0. The zero-order valence-corrected chi connectivity index (χ0v) is 13.0. The van der Waals surface area contributed by atoms with Gasteiger partial charge in [0.25, 0.3) is 0 Å². The number of hydrogen-bond acceptors (Lipinski definition) is 3. The Kier molecular flexibility index (Phi) is 4.46. The predicted octanol–water partition coefficient (Wildman–Crippen LogP) is 1.67. The van der Waals surface area contributed by atoms with Gasteiger partial charge in [-0.05, 0) is 45.4 Å². The first-order chi connectivity index (χ1) is 9.82. The monoisotopic (exact) mass is 298 g/mol. The molecule has 0 bridgehead atoms. The molecule has 2 atom stereocenters. The van der Waals surface area contributed by atoms with Crippen LogP contribution in [0.3, 0.4) is 0 Å². The summed E-state index contributed by atoms with van der Waals surface area (Å²) in [6.07, 6.45) is 3.65. The minimum Gasteiger partial charge on any atom is -0.479 e. The maximum Gasteiger partial charge on any atom is 0.329 e. The van der Waals surface area contributed by atoms with E-state index < -0.39 is 17.1 Å². The van der Waals surface area contributed by atoms with Crippen LogP contribution in [0.25, 0.3) is 0 Å². The second kappa shape index (κ2) is 5.83. The van der Waals surface area contributed by atoms with Gasteiger partial charge in [-0.3, -0.25) is 0 Å². The van der Waals surface area contributed by atoms with Gasteiger partial charge in [0.1, 0.15) is 5.54 Å². The Morgan fingerprint density at radius 2 is 1.76 bits per heavy atom. The van der Waals surface area contributed by atoms with E-state index in [2.05, 4.69) is 0 Å². The maximum atomic E-state index is 12.8. The van der Waals surface area contributed by atoms with E-state index in [1.807, 2.05) is 6.92 Å². The normalized spacial score (nSPS) is 33.9. The zero-order valence-electron chi connectivity index (χ0n) is 13.0. The molecule has 6 nitrogen and oxygen atoms in total. The van der Waals surface area contributed by atoms with E-state index in [1.165, 1.54) is 4.90 Å². The fourth-order valence-electron chi connectivity index (χ4n) is 3.52. The third-order valence-electron chi connectivity index (χ3n) is 5.04. The second-order valence-electron chi connectivity index (χ2n) is 6.57. The summed E-state index contributed by atoms with van der Waals surface area (Å²) in [5, 5.41) is 19.7. The average Bonchev–Trinajstić information content (AvgIpc) is 2.78. The van der Waals surface area contributed by atoms with Crippen molar-refractivity contribution in [2.45, 2.75) is 63.5 Å². The van der Waals surface area contributed by atoms with E-state index in [-0.39, 0.29) is 6.03 Å². The molecule has 0 aromatic carbocycles. The molecule has 0 aromatic rings. The predicted molar refractivity (Wildman–Crippen MR) is 78.0 cm³/mol. The van der Waals surface area contributed by atoms with Crippen LogP contribution in [0.4, 0.5) is 4.79 Å². The molecule has 2 amide bonds. The van der Waals surface area contributed by atoms with Crippen LogP contribution in [0.2, 0.25) is 0 Å². The number of carbonyl (C=O) groups is 2. The Morgan fingerprint density at radius 1 is 1.10 bits per heavy atom. The van der Waals surface area contributed by atoms with Crippen molar-refractivity contribution in [2.24, 2.45) is 0 Å². The Bertz CT molecular complexity index is 424. The highest BCUT2D eigenvalue weighted by molar-refractivity contribution is 5.87. The van der Waals surface area contributed by atoms with Crippen LogP contribution in [0, 0.1) is 0 Å². The summed E-state index contributed by atoms with van der Waals surface area (Å²) in [6.45, 7) is 5.20. The van der Waals surface area contributed by atoms with Crippen molar-refractivity contribution in [1.29, 1.82) is 0 Å². The van der Waals surface area contributed by atoms with Crippen LogP contribution >= 0.6 is 0 Å². The van der Waals surface area contributed by atoms with Crippen LogP contribution in [0.1, 0.15) is 52.4 Å². The Labute approximate surface area is 125 Å². The first-order valence-electron chi connectivity index (χ1n) is 7.85. The summed E-state index contributed by atoms with van der Waals surface area (Å²) in [4.78, 5) is 27.7. The second-order valence-corrected chi connectivity index (χ2v) is 6.57. The van der Waals surface area contributed by atoms with Gasteiger partial charge >= 0.3 is 12.0 Å². The Balaban J connectivity index is 2.13. The summed E-state index contributed by atoms with van der Waals surface area (Å²) in [5.41, 5.74) is -1.78. The van der Waals surface area contributed by atoms with Crippen LogP contribution < -0.4 is 0 Å². The molecule has 0 radical (unpaired) electrons. The summed E-state index contributed by atoms with van der Waals surface area (Å²) >= 11 is 0. The lowest BCUT2D eigenvalue weighted by atomic mass is 9.93. The van der Waals surface area contributed by atoms with E-state index in [0.717, 1.165) is 12.8 Å². The fraction of sp³-hybridized carbons (Fsp3) is 0.867. The topological polar surface area (TPSA) is 81.1 Å². The molecule has 2 aliphatic rings. The van der Waals surface area contributed by atoms with Gasteiger partial charge < -0.3 is 20.0 Å². The van der Waals surface area contributed by atoms with Gasteiger partial charge in [-0.25, -0.2) is 9.59 Å². The van der Waals surface area contributed by atoms with Crippen molar-refractivity contribution in [3.05, 3.63) is 0 Å². The summed E-state index contributed by atoms with van der Waals surface area (Å²) in [6, 6.07) is -0.186. The minimum atomic E-state index is -1.05. The molecule has 6 heteroatoms. The molecule has 0 aliphatic carbocycles. The highest BCUT2D eigenvalue weighted by Gasteiger charge is 2.49. The van der Waals surface area contributed by atoms with Crippen LogP contribution in [-0.4, -0.2) is 62.8 Å². The van der Waals surface area contributed by atoms with Gasteiger partial charge in [0, 0.05) is 19.6 Å². The molecule has 21 heavy (non-hydrogen) atoms. The lowest BCUT2D eigenvalue weighted by molar-refractivity contribution is -0.148. The lowest BCUT2D eigenvalue weighted by Crippen LogP contribution is -2.56. The number of likely N-dealkylation sites (tertiary alicyclic amines) is 2. The average molecular weight is 298 g/mol. The van der Waals surface area contributed by atoms with Gasteiger partial charge in [0.05, 0.1) is 5.60 Å². The number of aliphatic carboxylic acids is 1. The zero-order chi connectivity index (χ0) is 15.7. The molecule has 2 unspecified atom stereocenters. The van der Waals surface area contributed by atoms with E-state index in [1.54, 1.807) is 11.8 Å². The number of carbonyl (C=O) groups excluding carboxylic acids is 1. The van der Waals surface area contributed by atoms with E-state index in [9.17, 15) is 19.8 Å². The van der Waals surface area contributed by atoms with Crippen LogP contribution in [-0.2, 0) is 4.79 Å². The number of carboxylic acid groups (broad SMARTS) is 1. The van der Waals surface area contributed by atoms with Crippen LogP contribution in [0.5, 0.6) is 0 Å². The van der Waals surface area contributed by atoms with Crippen LogP contribution in [0.15, 0.2) is 0 Å². The van der Waals surface area contributed by atoms with Gasteiger partial charge in [0.2, 0.25) is 0 Å². The molecular formula is C15H26N2O4. The SMILES string of the molecule is CCC1(C(=O)O)CCCN1C(=O)N1CCCC(C)(O)CC1. The van der Waals surface area contributed by atoms with E-state index in [4.69, 9.17) is 0 Å². The molecular weight excluding hydrogens is 272 g/mol. The molecule has 2 heterocycles. The van der Waals surface area contributed by atoms with Crippen molar-refractivity contribution >= 4 is 12.0 Å². The summed E-state index contributed by atoms with van der Waals surface area (Å²) in [7, 11) is 0. The molecule has 2 rings (SSSR count). The van der Waals surface area contributed by atoms with E-state index >= 15 is 0 Å². The smallest absolute Gasteiger partial charge is 0.329 e. The minimum absolute atomic E-state index is 0.186. The highest BCUT2D eigenvalue weighted by atomic mass is 16.4. The number of aliphatic hydroxyl groups is 1. The molecule has 2 saturated heterocycles. The van der Waals surface area contributed by atoms with Gasteiger partial charge in [-0.2, -0.15) is 0 Å². The number of rotatable bonds is 2. The summed E-state index contributed by atoms with van der Waals surface area (Å²) in [5.74, 6) is -0.905. The van der Waals surface area contributed by atoms with Crippen molar-refractivity contribution in [3.8, 4) is 0 Å². The quantitative estimate of drug-likeness (QED) is 0.812. The number of urea groups is 1. The van der Waals surface area contributed by atoms with Crippen molar-refractivity contribution in [1.82, 2.24) is 9.80 Å². The van der Waals surface area contributed by atoms with Crippen molar-refractivity contribution < 1.29 is 19.8 Å². The lowest BCUT2D eigenvalue weighted by Gasteiger charge is -2.37. The third-order valence-corrected chi connectivity index (χ3v) is 5.04. The fourth-order valence-corrected chi connectivity index (χ4v) is 3.52. The largest absolute Gasteiger partial charge is 0.479 e. The number of carboxylic acids is 1. The molecule has 120 valence electrons. The first-order valence-corrected chi connectivity index (χ1v) is 7.85. The maximum absolute atomic E-state index is 12.8. The number of hydrogen-bond donors (Lipinski definition) is 2. The Morgan fingerprint density at radius 3 is 2.38 bits per heavy atom. The third kappa shape index (κ3) is 3.00. The Hall–Kier alpha value is -1.30. The molecule has 2 fully saturated rings. The molecule has 0 saturated carbocycles. The van der Waals surface area contributed by atoms with Gasteiger partial charge in [-0.15, -0.1) is 0 Å². The highest BCUT2D eigenvalue weighted by Crippen LogP contribution is 2.34. The number of nitrogens with zero attached hydrogens (tertiary/aromatic N) is 2. The van der Waals surface area contributed by atoms with Gasteiger partial charge in [-0.1, -0.05) is 6.92 Å². The standard InChI is InChI=1S/C15H26N2O4/c1-3-15(12(18)19)7-5-10-17(15)13(20)16-9-4-6-14(2,21)8-11-16/h21H,3-11H2,1-2H3,(H,18,19). The molecule has 0 aromatic heterocycles. The molecule has 2 aliphatic heterocycles. The van der Waals surface area contributed by atoms with Crippen molar-refractivity contribution in [2.75, 3.05) is 19.6 Å². The van der Waals surface area contributed by atoms with E-state index in [0.29, 0.717) is 45.3 Å². The van der Waals surface area contributed by atoms with Crippen molar-refractivity contribution in [3.63, 3.8) is 0 Å². The number of amides is 2. The van der Waals surface area contributed by atoms with Gasteiger partial charge in [0.15, 0.2) is 0 Å². The molecule has 2 N–H and O–H groups in total.